The van der Waals surface area contributed by atoms with E-state index in [2.05, 4.69) is 54.0 Å². The average Bonchev–Trinajstić information content (AvgIpc) is 2.82. The van der Waals surface area contributed by atoms with Gasteiger partial charge in [0.2, 0.25) is 0 Å². The van der Waals surface area contributed by atoms with Gasteiger partial charge in [0.25, 0.3) is 0 Å². The predicted octanol–water partition coefficient (Wildman–Crippen LogP) is 12.6. The zero-order valence-electron chi connectivity index (χ0n) is 23.3. The van der Waals surface area contributed by atoms with Crippen molar-refractivity contribution in [3.8, 4) is 0 Å². The molecule has 0 amide bonds. The van der Waals surface area contributed by atoms with Crippen LogP contribution in [0, 0.1) is 0 Å². The Labute approximate surface area is 206 Å². The minimum Gasteiger partial charge on any atom is -0.103 e. The maximum Gasteiger partial charge on any atom is -0.0353 e. The van der Waals surface area contributed by atoms with Crippen molar-refractivity contribution in [3.63, 3.8) is 0 Å². The van der Waals surface area contributed by atoms with Gasteiger partial charge >= 0.3 is 0 Å². The quantitative estimate of drug-likeness (QED) is 0.128. The third kappa shape index (κ3) is 63.0. The van der Waals surface area contributed by atoms with Crippen LogP contribution in [0.15, 0.2) is 50.6 Å². The summed E-state index contributed by atoms with van der Waals surface area (Å²) in [4.78, 5) is 0. The molecule has 0 saturated carbocycles. The molecule has 0 aromatic heterocycles. The molecular weight excluding hydrogens is 384 g/mol. The van der Waals surface area contributed by atoms with Gasteiger partial charge in [-0.1, -0.05) is 129 Å². The van der Waals surface area contributed by atoms with E-state index in [-0.39, 0.29) is 0 Å². The number of allylic oxidation sites excluding steroid dienone is 4. The molecule has 0 aromatic carbocycles. The van der Waals surface area contributed by atoms with Crippen LogP contribution in [-0.2, 0) is 0 Å². The summed E-state index contributed by atoms with van der Waals surface area (Å²) in [6.45, 7) is 23.6. The van der Waals surface area contributed by atoms with Crippen LogP contribution in [0.1, 0.15) is 156 Å². The standard InChI is InChI=1S/4C8H16/c4*1-3-5-7-8-6-4-2/h4*3H,1,4-8H2,2H3. The molecule has 0 aliphatic heterocycles. The smallest absolute Gasteiger partial charge is 0.0353 e. The van der Waals surface area contributed by atoms with Crippen molar-refractivity contribution in [2.24, 2.45) is 0 Å². The van der Waals surface area contributed by atoms with Gasteiger partial charge in [-0.15, -0.1) is 26.3 Å². The molecule has 0 rings (SSSR count). The minimum absolute atomic E-state index is 1.19. The number of unbranched alkanes of at least 4 members (excludes halogenated alkanes) is 16. The molecule has 0 unspecified atom stereocenters. The van der Waals surface area contributed by atoms with E-state index in [4.69, 9.17) is 0 Å². The lowest BCUT2D eigenvalue weighted by molar-refractivity contribution is 0.675. The van der Waals surface area contributed by atoms with Crippen LogP contribution in [0.5, 0.6) is 0 Å². The second-order valence-electron chi connectivity index (χ2n) is 8.55. The maximum absolute atomic E-state index is 3.66. The molecule has 32 heavy (non-hydrogen) atoms. The van der Waals surface area contributed by atoms with Gasteiger partial charge in [0, 0.05) is 0 Å². The first-order chi connectivity index (χ1) is 15.7. The first kappa shape index (κ1) is 38.2. The second-order valence-corrected chi connectivity index (χ2v) is 8.55. The van der Waals surface area contributed by atoms with Crippen molar-refractivity contribution in [1.29, 1.82) is 0 Å². The van der Waals surface area contributed by atoms with E-state index in [1.54, 1.807) is 0 Å². The summed E-state index contributed by atoms with van der Waals surface area (Å²) in [5.74, 6) is 0. The average molecular weight is 449 g/mol. The first-order valence-corrected chi connectivity index (χ1v) is 14.1. The minimum atomic E-state index is 1.19. The zero-order valence-corrected chi connectivity index (χ0v) is 23.3. The van der Waals surface area contributed by atoms with Gasteiger partial charge in [-0.2, -0.15) is 0 Å². The molecule has 0 aliphatic rings. The Morgan fingerprint density at radius 1 is 0.312 bits per heavy atom. The normalized spacial score (nSPS) is 9.12. The van der Waals surface area contributed by atoms with E-state index in [0.29, 0.717) is 0 Å². The highest BCUT2D eigenvalue weighted by Gasteiger charge is 1.83. The second kappa shape index (κ2) is 47.7. The Hall–Kier alpha value is -1.04. The summed E-state index contributed by atoms with van der Waals surface area (Å²) in [7, 11) is 0. The molecule has 0 radical (unpaired) electrons. The lowest BCUT2D eigenvalue weighted by atomic mass is 10.2. The third-order valence-corrected chi connectivity index (χ3v) is 5.05. The van der Waals surface area contributed by atoms with Crippen molar-refractivity contribution in [2.45, 2.75) is 156 Å². The Morgan fingerprint density at radius 2 is 0.500 bits per heavy atom. The summed E-state index contributed by atoms with van der Waals surface area (Å²) in [6.07, 6.45) is 34.4. The van der Waals surface area contributed by atoms with Gasteiger partial charge in [-0.05, 0) is 51.4 Å². The lowest BCUT2D eigenvalue weighted by Gasteiger charge is -1.91. The molecule has 0 fully saturated rings. The van der Waals surface area contributed by atoms with Gasteiger partial charge in [0.1, 0.15) is 0 Å². The summed E-state index contributed by atoms with van der Waals surface area (Å²) < 4.78 is 0. The summed E-state index contributed by atoms with van der Waals surface area (Å²) in [5, 5.41) is 0. The Morgan fingerprint density at radius 3 is 0.625 bits per heavy atom. The SMILES string of the molecule is C=CCCCCCC.C=CCCCCCC.C=CCCCCCC.C=CCCCCCC. The number of rotatable bonds is 20. The molecule has 0 aliphatic carbocycles. The fourth-order valence-corrected chi connectivity index (χ4v) is 2.86. The van der Waals surface area contributed by atoms with Gasteiger partial charge in [-0.25, -0.2) is 0 Å². The van der Waals surface area contributed by atoms with E-state index < -0.39 is 0 Å². The van der Waals surface area contributed by atoms with Crippen LogP contribution in [0.4, 0.5) is 0 Å². The van der Waals surface area contributed by atoms with Gasteiger partial charge in [-0.3, -0.25) is 0 Å². The monoisotopic (exact) mass is 449 g/mol. The van der Waals surface area contributed by atoms with Crippen molar-refractivity contribution in [2.75, 3.05) is 0 Å². The third-order valence-electron chi connectivity index (χ3n) is 5.05. The molecule has 0 bridgehead atoms. The number of hydrogen-bond donors (Lipinski definition) is 0. The first-order valence-electron chi connectivity index (χ1n) is 14.1. The molecule has 0 heterocycles. The largest absolute Gasteiger partial charge is 0.103 e. The maximum atomic E-state index is 3.66. The number of hydrogen-bond acceptors (Lipinski definition) is 0. The van der Waals surface area contributed by atoms with Crippen LogP contribution in [0.3, 0.4) is 0 Å². The highest BCUT2D eigenvalue weighted by molar-refractivity contribution is 4.66. The van der Waals surface area contributed by atoms with Crippen molar-refractivity contribution in [1.82, 2.24) is 0 Å². The van der Waals surface area contributed by atoms with Gasteiger partial charge < -0.3 is 0 Å². The van der Waals surface area contributed by atoms with Crippen LogP contribution >= 0.6 is 0 Å². The van der Waals surface area contributed by atoms with Crippen LogP contribution in [0.2, 0.25) is 0 Å². The van der Waals surface area contributed by atoms with Crippen LogP contribution < -0.4 is 0 Å². The molecule has 0 atom stereocenters. The van der Waals surface area contributed by atoms with Crippen molar-refractivity contribution in [3.05, 3.63) is 50.6 Å². The fourth-order valence-electron chi connectivity index (χ4n) is 2.86. The van der Waals surface area contributed by atoms with E-state index in [9.17, 15) is 0 Å². The van der Waals surface area contributed by atoms with E-state index in [1.165, 1.54) is 128 Å². The fraction of sp³-hybridized carbons (Fsp3) is 0.750. The van der Waals surface area contributed by atoms with E-state index in [0.717, 1.165) is 0 Å². The molecule has 0 nitrogen and oxygen atoms in total. The molecule has 0 heteroatoms. The molecular formula is C32H64. The van der Waals surface area contributed by atoms with Crippen molar-refractivity contribution < 1.29 is 0 Å². The summed E-state index contributed by atoms with van der Waals surface area (Å²) in [5.41, 5.74) is 0. The van der Waals surface area contributed by atoms with Crippen LogP contribution in [-0.4, -0.2) is 0 Å². The highest BCUT2D eigenvalue weighted by atomic mass is 13.9. The van der Waals surface area contributed by atoms with Gasteiger partial charge in [0.05, 0.1) is 0 Å². The molecule has 192 valence electrons. The lowest BCUT2D eigenvalue weighted by Crippen LogP contribution is -1.71. The Kier molecular flexibility index (Phi) is 56.9. The zero-order chi connectivity index (χ0) is 25.0. The van der Waals surface area contributed by atoms with E-state index in [1.807, 2.05) is 24.3 Å². The Bertz CT molecular complexity index is 248. The van der Waals surface area contributed by atoms with Crippen molar-refractivity contribution >= 4 is 0 Å². The predicted molar refractivity (Wildman–Crippen MR) is 156 cm³/mol. The Balaban J connectivity index is -0.000000163. The molecule has 0 N–H and O–H groups in total. The summed E-state index contributed by atoms with van der Waals surface area (Å²) >= 11 is 0. The highest BCUT2D eigenvalue weighted by Crippen LogP contribution is 2.03. The summed E-state index contributed by atoms with van der Waals surface area (Å²) in [6, 6.07) is 0. The molecule has 0 spiro atoms. The molecule has 0 aromatic rings. The van der Waals surface area contributed by atoms with E-state index >= 15 is 0 Å². The molecule has 0 saturated heterocycles. The van der Waals surface area contributed by atoms with Crippen LogP contribution in [0.25, 0.3) is 0 Å². The topological polar surface area (TPSA) is 0 Å². The van der Waals surface area contributed by atoms with Gasteiger partial charge in [0.15, 0.2) is 0 Å².